The number of aryl methyl sites for hydroxylation is 1. The molecule has 3 rings (SSSR count). The summed E-state index contributed by atoms with van der Waals surface area (Å²) >= 11 is 0. The first-order valence-electron chi connectivity index (χ1n) is 7.37. The SMILES string of the molecule is Cc1ccc(C(C)N)c(OCC2Cc3ccccc3O2)c1. The number of hydrogen-bond acceptors (Lipinski definition) is 3. The van der Waals surface area contributed by atoms with Gasteiger partial charge in [0.1, 0.15) is 24.2 Å². The second-order valence-corrected chi connectivity index (χ2v) is 5.69. The van der Waals surface area contributed by atoms with Gasteiger partial charge in [-0.05, 0) is 37.1 Å². The topological polar surface area (TPSA) is 44.5 Å². The first-order valence-corrected chi connectivity index (χ1v) is 7.37. The second kappa shape index (κ2) is 5.78. The van der Waals surface area contributed by atoms with Gasteiger partial charge in [0.2, 0.25) is 0 Å². The Bertz CT molecular complexity index is 612. The molecule has 2 N–H and O–H groups in total. The first kappa shape index (κ1) is 14.0. The van der Waals surface area contributed by atoms with Gasteiger partial charge >= 0.3 is 0 Å². The van der Waals surface area contributed by atoms with Crippen molar-refractivity contribution in [3.63, 3.8) is 0 Å². The van der Waals surface area contributed by atoms with Crippen molar-refractivity contribution < 1.29 is 9.47 Å². The highest BCUT2D eigenvalue weighted by molar-refractivity contribution is 5.40. The van der Waals surface area contributed by atoms with Crippen LogP contribution in [0.25, 0.3) is 0 Å². The van der Waals surface area contributed by atoms with E-state index in [4.69, 9.17) is 15.2 Å². The fraction of sp³-hybridized carbons (Fsp3) is 0.333. The standard InChI is InChI=1S/C18H21NO2/c1-12-7-8-16(13(2)19)18(9-12)20-11-15-10-14-5-3-4-6-17(14)21-15/h3-9,13,15H,10-11,19H2,1-2H3. The van der Waals surface area contributed by atoms with Gasteiger partial charge in [-0.2, -0.15) is 0 Å². The molecule has 3 nitrogen and oxygen atoms in total. The molecule has 0 radical (unpaired) electrons. The number of nitrogens with two attached hydrogens (primary N) is 1. The fourth-order valence-corrected chi connectivity index (χ4v) is 2.67. The van der Waals surface area contributed by atoms with E-state index in [0.717, 1.165) is 23.5 Å². The average molecular weight is 283 g/mol. The maximum atomic E-state index is 6.01. The summed E-state index contributed by atoms with van der Waals surface area (Å²) in [5, 5.41) is 0. The van der Waals surface area contributed by atoms with Gasteiger partial charge in [-0.3, -0.25) is 0 Å². The molecule has 1 aliphatic heterocycles. The van der Waals surface area contributed by atoms with Crippen LogP contribution in [0.4, 0.5) is 0 Å². The molecule has 1 heterocycles. The van der Waals surface area contributed by atoms with Crippen LogP contribution in [0.1, 0.15) is 29.7 Å². The van der Waals surface area contributed by atoms with Crippen LogP contribution < -0.4 is 15.2 Å². The van der Waals surface area contributed by atoms with Crippen molar-refractivity contribution >= 4 is 0 Å². The zero-order chi connectivity index (χ0) is 14.8. The third-order valence-electron chi connectivity index (χ3n) is 3.80. The Morgan fingerprint density at radius 3 is 2.86 bits per heavy atom. The van der Waals surface area contributed by atoms with Crippen molar-refractivity contribution in [2.24, 2.45) is 5.73 Å². The minimum Gasteiger partial charge on any atom is -0.489 e. The van der Waals surface area contributed by atoms with E-state index in [1.165, 1.54) is 11.1 Å². The molecule has 0 fully saturated rings. The third kappa shape index (κ3) is 3.03. The molecular formula is C18H21NO2. The Labute approximate surface area is 125 Å². The van der Waals surface area contributed by atoms with Crippen LogP contribution in [0.15, 0.2) is 42.5 Å². The van der Waals surface area contributed by atoms with Crippen LogP contribution in [0.2, 0.25) is 0 Å². The van der Waals surface area contributed by atoms with E-state index in [2.05, 4.69) is 19.1 Å². The van der Waals surface area contributed by atoms with Gasteiger partial charge in [0.05, 0.1) is 0 Å². The zero-order valence-electron chi connectivity index (χ0n) is 12.5. The summed E-state index contributed by atoms with van der Waals surface area (Å²) in [6.45, 7) is 4.57. The van der Waals surface area contributed by atoms with Crippen LogP contribution in [0.3, 0.4) is 0 Å². The van der Waals surface area contributed by atoms with Crippen LogP contribution >= 0.6 is 0 Å². The Morgan fingerprint density at radius 2 is 2.10 bits per heavy atom. The monoisotopic (exact) mass is 283 g/mol. The molecule has 0 spiro atoms. The summed E-state index contributed by atoms with van der Waals surface area (Å²) in [4.78, 5) is 0. The minimum atomic E-state index is -0.0395. The molecule has 0 aliphatic carbocycles. The first-order chi connectivity index (χ1) is 10.1. The molecule has 2 atom stereocenters. The van der Waals surface area contributed by atoms with Gasteiger partial charge < -0.3 is 15.2 Å². The molecule has 0 bridgehead atoms. The summed E-state index contributed by atoms with van der Waals surface area (Å²) in [6, 6.07) is 14.3. The lowest BCUT2D eigenvalue weighted by atomic mass is 10.1. The van der Waals surface area contributed by atoms with Crippen molar-refractivity contribution in [3.8, 4) is 11.5 Å². The molecule has 0 aromatic heterocycles. The van der Waals surface area contributed by atoms with Gasteiger partial charge in [0, 0.05) is 18.0 Å². The highest BCUT2D eigenvalue weighted by atomic mass is 16.5. The molecule has 21 heavy (non-hydrogen) atoms. The number of para-hydroxylation sites is 1. The lowest BCUT2D eigenvalue weighted by molar-refractivity contribution is 0.147. The van der Waals surface area contributed by atoms with Crippen LogP contribution in [-0.2, 0) is 6.42 Å². The van der Waals surface area contributed by atoms with E-state index >= 15 is 0 Å². The molecule has 110 valence electrons. The molecular weight excluding hydrogens is 262 g/mol. The Hall–Kier alpha value is -2.00. The molecule has 2 aromatic carbocycles. The Morgan fingerprint density at radius 1 is 1.29 bits per heavy atom. The number of benzene rings is 2. The fourth-order valence-electron chi connectivity index (χ4n) is 2.67. The Balaban J connectivity index is 1.68. The second-order valence-electron chi connectivity index (χ2n) is 5.69. The molecule has 0 saturated carbocycles. The predicted molar refractivity (Wildman–Crippen MR) is 83.8 cm³/mol. The van der Waals surface area contributed by atoms with Crippen molar-refractivity contribution in [1.82, 2.24) is 0 Å². The molecule has 3 heteroatoms. The van der Waals surface area contributed by atoms with E-state index in [0.29, 0.717) is 6.61 Å². The lowest BCUT2D eigenvalue weighted by Crippen LogP contribution is -2.23. The summed E-state index contributed by atoms with van der Waals surface area (Å²) < 4.78 is 11.9. The number of fused-ring (bicyclic) bond motifs is 1. The zero-order valence-corrected chi connectivity index (χ0v) is 12.5. The normalized spacial score (nSPS) is 18.0. The van der Waals surface area contributed by atoms with Gasteiger partial charge in [-0.25, -0.2) is 0 Å². The molecule has 2 aromatic rings. The van der Waals surface area contributed by atoms with Gasteiger partial charge in [0.25, 0.3) is 0 Å². The van der Waals surface area contributed by atoms with Crippen LogP contribution in [-0.4, -0.2) is 12.7 Å². The molecule has 1 aliphatic rings. The average Bonchev–Trinajstić information content (AvgIpc) is 2.87. The van der Waals surface area contributed by atoms with E-state index in [-0.39, 0.29) is 12.1 Å². The minimum absolute atomic E-state index is 0.0395. The third-order valence-corrected chi connectivity index (χ3v) is 3.80. The van der Waals surface area contributed by atoms with Gasteiger partial charge in [-0.1, -0.05) is 30.3 Å². The summed E-state index contributed by atoms with van der Waals surface area (Å²) in [5.74, 6) is 1.84. The van der Waals surface area contributed by atoms with Crippen LogP contribution in [0.5, 0.6) is 11.5 Å². The summed E-state index contributed by atoms with van der Waals surface area (Å²) in [6.07, 6.45) is 0.971. The number of hydrogen-bond donors (Lipinski definition) is 1. The van der Waals surface area contributed by atoms with E-state index in [1.807, 2.05) is 37.3 Å². The highest BCUT2D eigenvalue weighted by Crippen LogP contribution is 2.30. The summed E-state index contributed by atoms with van der Waals surface area (Å²) in [7, 11) is 0. The molecule has 0 amide bonds. The largest absolute Gasteiger partial charge is 0.489 e. The van der Waals surface area contributed by atoms with E-state index < -0.39 is 0 Å². The quantitative estimate of drug-likeness (QED) is 0.935. The lowest BCUT2D eigenvalue weighted by Gasteiger charge is -2.17. The van der Waals surface area contributed by atoms with Gasteiger partial charge in [0.15, 0.2) is 0 Å². The van der Waals surface area contributed by atoms with Gasteiger partial charge in [-0.15, -0.1) is 0 Å². The number of rotatable bonds is 4. The summed E-state index contributed by atoms with van der Waals surface area (Å²) in [5.41, 5.74) is 9.47. The highest BCUT2D eigenvalue weighted by Gasteiger charge is 2.23. The van der Waals surface area contributed by atoms with E-state index in [1.54, 1.807) is 0 Å². The maximum absolute atomic E-state index is 6.01. The predicted octanol–water partition coefficient (Wildman–Crippen LogP) is 3.40. The van der Waals surface area contributed by atoms with Crippen molar-refractivity contribution in [2.75, 3.05) is 6.61 Å². The van der Waals surface area contributed by atoms with E-state index in [9.17, 15) is 0 Å². The van der Waals surface area contributed by atoms with Crippen LogP contribution in [0, 0.1) is 6.92 Å². The molecule has 0 saturated heterocycles. The van der Waals surface area contributed by atoms with Crippen molar-refractivity contribution in [2.45, 2.75) is 32.4 Å². The molecule has 2 unspecified atom stereocenters. The smallest absolute Gasteiger partial charge is 0.137 e. The number of ether oxygens (including phenoxy) is 2. The van der Waals surface area contributed by atoms with Crippen molar-refractivity contribution in [1.29, 1.82) is 0 Å². The van der Waals surface area contributed by atoms with Crippen molar-refractivity contribution in [3.05, 3.63) is 59.2 Å². The maximum Gasteiger partial charge on any atom is 0.137 e. The Kier molecular flexibility index (Phi) is 3.84.